The molecule has 0 saturated carbocycles. The van der Waals surface area contributed by atoms with Gasteiger partial charge in [0.05, 0.1) is 17.4 Å². The summed E-state index contributed by atoms with van der Waals surface area (Å²) in [5, 5.41) is 11.0. The fourth-order valence-electron chi connectivity index (χ4n) is 4.08. The number of hydrogen-bond donors (Lipinski definition) is 1. The molecule has 1 N–H and O–H groups in total. The highest BCUT2D eigenvalue weighted by Crippen LogP contribution is 2.36. The van der Waals surface area contributed by atoms with Crippen LogP contribution in [0.4, 0.5) is 9.18 Å². The number of ether oxygens (including phenoxy) is 1. The average molecular weight is 442 g/mol. The number of nitrogens with zero attached hydrogens (tertiary/aromatic N) is 5. The van der Waals surface area contributed by atoms with E-state index in [4.69, 9.17) is 9.84 Å². The lowest BCUT2D eigenvalue weighted by molar-refractivity contribution is 0.0159. The van der Waals surface area contributed by atoms with Crippen LogP contribution in [0.5, 0.6) is 0 Å². The minimum Gasteiger partial charge on any atom is -0.444 e. The molecule has 3 aromatic rings. The van der Waals surface area contributed by atoms with Crippen molar-refractivity contribution in [2.45, 2.75) is 59.6 Å². The Morgan fingerprint density at radius 3 is 2.47 bits per heavy atom. The molecule has 1 aliphatic rings. The minimum atomic E-state index is -0.630. The third-order valence-corrected chi connectivity index (χ3v) is 5.52. The molecule has 0 radical (unpaired) electrons. The van der Waals surface area contributed by atoms with E-state index in [1.165, 1.54) is 10.9 Å². The first-order valence-electron chi connectivity index (χ1n) is 10.5. The van der Waals surface area contributed by atoms with Crippen LogP contribution in [-0.4, -0.2) is 47.7 Å². The lowest BCUT2D eigenvalue weighted by atomic mass is 10.00. The summed E-state index contributed by atoms with van der Waals surface area (Å²) in [6, 6.07) is 2.97. The van der Waals surface area contributed by atoms with Crippen LogP contribution in [0.25, 0.3) is 11.5 Å². The maximum absolute atomic E-state index is 14.3. The van der Waals surface area contributed by atoms with Crippen molar-refractivity contribution in [3.8, 4) is 11.5 Å². The summed E-state index contributed by atoms with van der Waals surface area (Å²) in [4.78, 5) is 27.0. The van der Waals surface area contributed by atoms with Gasteiger partial charge in [-0.1, -0.05) is 0 Å². The maximum Gasteiger partial charge on any atom is 0.410 e. The molecule has 1 amide bonds. The summed E-state index contributed by atoms with van der Waals surface area (Å²) in [5.41, 5.74) is 1.99. The first-order valence-corrected chi connectivity index (χ1v) is 10.5. The Balaban J connectivity index is 1.90. The number of rotatable bonds is 2. The molecule has 32 heavy (non-hydrogen) atoms. The standard InChI is InChI=1S/C22H27FN6O3/c1-12-9-15(10-13(2)18(12)23)29-19(28-11-24-25-20(28)30)17-14(3)27(8-7-16(17)26-29)21(31)32-22(4,5)6/h9-11,14H,7-8H2,1-6H3,(H,25,30)/t14-/m0/s1. The van der Waals surface area contributed by atoms with Gasteiger partial charge in [0.1, 0.15) is 17.7 Å². The monoisotopic (exact) mass is 442 g/mol. The van der Waals surface area contributed by atoms with Crippen LogP contribution >= 0.6 is 0 Å². The zero-order valence-corrected chi connectivity index (χ0v) is 19.1. The highest BCUT2D eigenvalue weighted by Gasteiger charge is 2.36. The first-order chi connectivity index (χ1) is 15.0. The fraction of sp³-hybridized carbons (Fsp3) is 0.455. The Morgan fingerprint density at radius 2 is 1.91 bits per heavy atom. The predicted octanol–water partition coefficient (Wildman–Crippen LogP) is 3.36. The van der Waals surface area contributed by atoms with Gasteiger partial charge in [-0.3, -0.25) is 0 Å². The van der Waals surface area contributed by atoms with Crippen molar-refractivity contribution in [3.63, 3.8) is 0 Å². The van der Waals surface area contributed by atoms with Crippen LogP contribution in [0, 0.1) is 19.7 Å². The average Bonchev–Trinajstić information content (AvgIpc) is 3.27. The Labute approximate surface area is 184 Å². The zero-order chi connectivity index (χ0) is 23.4. The number of aryl methyl sites for hydroxylation is 2. The van der Waals surface area contributed by atoms with E-state index in [1.54, 1.807) is 35.6 Å². The number of benzene rings is 1. The van der Waals surface area contributed by atoms with Crippen molar-refractivity contribution in [1.29, 1.82) is 0 Å². The van der Waals surface area contributed by atoms with Crippen LogP contribution in [0.1, 0.15) is 56.1 Å². The van der Waals surface area contributed by atoms with Gasteiger partial charge < -0.3 is 9.64 Å². The molecule has 0 aliphatic carbocycles. The van der Waals surface area contributed by atoms with E-state index >= 15 is 0 Å². The number of carbonyl (C=O) groups excluding carboxylic acids is 1. The maximum atomic E-state index is 14.3. The summed E-state index contributed by atoms with van der Waals surface area (Å²) in [6.07, 6.45) is 1.44. The number of aromatic nitrogens is 5. The number of nitrogens with one attached hydrogen (secondary N) is 1. The number of carbonyl (C=O) groups is 1. The van der Waals surface area contributed by atoms with Gasteiger partial charge in [0, 0.05) is 18.5 Å². The van der Waals surface area contributed by atoms with Gasteiger partial charge >= 0.3 is 11.8 Å². The second-order valence-electron chi connectivity index (χ2n) is 9.12. The second kappa shape index (κ2) is 7.61. The molecule has 0 bridgehead atoms. The smallest absolute Gasteiger partial charge is 0.410 e. The van der Waals surface area contributed by atoms with Crippen LogP contribution in [0.3, 0.4) is 0 Å². The molecule has 1 aliphatic heterocycles. The molecule has 0 saturated heterocycles. The molecule has 9 nitrogen and oxygen atoms in total. The number of halogens is 1. The van der Waals surface area contributed by atoms with Gasteiger partial charge in [-0.05, 0) is 64.8 Å². The third kappa shape index (κ3) is 3.69. The van der Waals surface area contributed by atoms with E-state index in [9.17, 15) is 14.0 Å². The number of amides is 1. The number of H-pyrrole nitrogens is 1. The topological polar surface area (TPSA) is 98.0 Å². The lowest BCUT2D eigenvalue weighted by Crippen LogP contribution is -2.42. The van der Waals surface area contributed by atoms with E-state index < -0.39 is 23.4 Å². The van der Waals surface area contributed by atoms with Gasteiger partial charge in [-0.15, -0.1) is 0 Å². The predicted molar refractivity (Wildman–Crippen MR) is 116 cm³/mol. The molecule has 3 heterocycles. The van der Waals surface area contributed by atoms with Crippen molar-refractivity contribution >= 4 is 6.09 Å². The largest absolute Gasteiger partial charge is 0.444 e. The summed E-state index contributed by atoms with van der Waals surface area (Å²) in [7, 11) is 0. The van der Waals surface area contributed by atoms with Gasteiger partial charge in [0.25, 0.3) is 0 Å². The van der Waals surface area contributed by atoms with Gasteiger partial charge in [-0.25, -0.2) is 28.3 Å². The minimum absolute atomic E-state index is 0.280. The quantitative estimate of drug-likeness (QED) is 0.656. The summed E-state index contributed by atoms with van der Waals surface area (Å²) in [5.74, 6) is 0.182. The van der Waals surface area contributed by atoms with Crippen LogP contribution in [0.2, 0.25) is 0 Å². The number of hydrogen-bond acceptors (Lipinski definition) is 5. The molecule has 2 aromatic heterocycles. The summed E-state index contributed by atoms with van der Waals surface area (Å²) >= 11 is 0. The van der Waals surface area contributed by atoms with Gasteiger partial charge in [0.15, 0.2) is 5.82 Å². The Kier molecular flexibility index (Phi) is 5.18. The van der Waals surface area contributed by atoms with E-state index in [1.807, 2.05) is 27.7 Å². The lowest BCUT2D eigenvalue weighted by Gasteiger charge is -2.34. The molecule has 4 rings (SSSR count). The highest BCUT2D eigenvalue weighted by molar-refractivity contribution is 5.70. The van der Waals surface area contributed by atoms with Crippen molar-refractivity contribution in [2.24, 2.45) is 0 Å². The van der Waals surface area contributed by atoms with E-state index in [0.717, 1.165) is 11.3 Å². The highest BCUT2D eigenvalue weighted by atomic mass is 19.1. The SMILES string of the molecule is Cc1cc(-n2nc3c(c2-n2cn[nH]c2=O)[C@H](C)N(C(=O)OC(C)(C)C)CC3)cc(C)c1F. The molecule has 0 unspecified atom stereocenters. The first kappa shape index (κ1) is 21.8. The Hall–Kier alpha value is -3.43. The molecule has 10 heteroatoms. The van der Waals surface area contributed by atoms with Crippen LogP contribution in [0.15, 0.2) is 23.3 Å². The summed E-state index contributed by atoms with van der Waals surface area (Å²) < 4.78 is 22.8. The molecule has 1 atom stereocenters. The van der Waals surface area contributed by atoms with Crippen LogP contribution in [-0.2, 0) is 11.2 Å². The normalized spacial score (nSPS) is 16.2. The fourth-order valence-corrected chi connectivity index (χ4v) is 4.08. The zero-order valence-electron chi connectivity index (χ0n) is 19.1. The van der Waals surface area contributed by atoms with Crippen LogP contribution < -0.4 is 5.69 Å². The number of aromatic amines is 1. The van der Waals surface area contributed by atoms with Gasteiger partial charge in [-0.2, -0.15) is 10.2 Å². The van der Waals surface area contributed by atoms with Crippen molar-refractivity contribution in [3.05, 3.63) is 57.1 Å². The van der Waals surface area contributed by atoms with E-state index in [-0.39, 0.29) is 5.82 Å². The third-order valence-electron chi connectivity index (χ3n) is 5.52. The van der Waals surface area contributed by atoms with Crippen molar-refractivity contribution in [1.82, 2.24) is 29.4 Å². The number of fused-ring (bicyclic) bond motifs is 1. The van der Waals surface area contributed by atoms with Gasteiger partial charge in [0.2, 0.25) is 0 Å². The van der Waals surface area contributed by atoms with E-state index in [0.29, 0.717) is 35.6 Å². The molecule has 0 spiro atoms. The Morgan fingerprint density at radius 1 is 1.25 bits per heavy atom. The molecule has 0 fully saturated rings. The Bertz CT molecular complexity index is 1230. The second-order valence-corrected chi connectivity index (χ2v) is 9.12. The molecule has 170 valence electrons. The van der Waals surface area contributed by atoms with Crippen molar-refractivity contribution < 1.29 is 13.9 Å². The molecular formula is C22H27FN6O3. The summed E-state index contributed by atoms with van der Waals surface area (Å²) in [6.45, 7) is 11.1. The molecule has 1 aromatic carbocycles. The van der Waals surface area contributed by atoms with Crippen molar-refractivity contribution in [2.75, 3.05) is 6.54 Å². The molecular weight excluding hydrogens is 415 g/mol. The van der Waals surface area contributed by atoms with E-state index in [2.05, 4.69) is 10.2 Å².